The summed E-state index contributed by atoms with van der Waals surface area (Å²) >= 11 is 1.78. The van der Waals surface area contributed by atoms with Gasteiger partial charge >= 0.3 is 0 Å². The van der Waals surface area contributed by atoms with E-state index in [0.717, 1.165) is 37.4 Å². The Balaban J connectivity index is 1.73. The Morgan fingerprint density at radius 3 is 2.78 bits per heavy atom. The summed E-state index contributed by atoms with van der Waals surface area (Å²) in [6, 6.07) is 6.06. The second-order valence-corrected chi connectivity index (χ2v) is 6.05. The monoisotopic (exact) mass is 264 g/mol. The van der Waals surface area contributed by atoms with Gasteiger partial charge in [-0.05, 0) is 24.6 Å². The first kappa shape index (κ1) is 11.9. The maximum atomic E-state index is 11.3. The van der Waals surface area contributed by atoms with Gasteiger partial charge in [-0.3, -0.25) is 4.79 Å². The molecule has 1 atom stereocenters. The maximum Gasteiger partial charge on any atom is 0.162 e. The standard InChI is InChI=1S/C14H16O3S/c15-10-2-3-11(8-10)18-12-4-5-13-14(9-12)17-7-1-6-16-13/h4-5,9,11H,1-3,6-8H2. The highest BCUT2D eigenvalue weighted by atomic mass is 32.2. The summed E-state index contributed by atoms with van der Waals surface area (Å²) in [5.41, 5.74) is 0. The lowest BCUT2D eigenvalue weighted by atomic mass is 10.3. The van der Waals surface area contributed by atoms with Crippen molar-refractivity contribution >= 4 is 17.5 Å². The van der Waals surface area contributed by atoms with Crippen molar-refractivity contribution in [2.75, 3.05) is 13.2 Å². The van der Waals surface area contributed by atoms with Gasteiger partial charge in [0.2, 0.25) is 0 Å². The molecule has 0 spiro atoms. The van der Waals surface area contributed by atoms with E-state index >= 15 is 0 Å². The molecule has 0 saturated heterocycles. The number of carbonyl (C=O) groups excluding carboxylic acids is 1. The van der Waals surface area contributed by atoms with E-state index in [0.29, 0.717) is 24.1 Å². The van der Waals surface area contributed by atoms with Crippen LogP contribution in [0.1, 0.15) is 25.7 Å². The van der Waals surface area contributed by atoms with Crippen molar-refractivity contribution in [3.63, 3.8) is 0 Å². The summed E-state index contributed by atoms with van der Waals surface area (Å²) in [5, 5.41) is 0.433. The summed E-state index contributed by atoms with van der Waals surface area (Å²) in [5.74, 6) is 2.06. The third-order valence-corrected chi connectivity index (χ3v) is 4.48. The van der Waals surface area contributed by atoms with Crippen LogP contribution in [-0.2, 0) is 4.79 Å². The molecule has 3 rings (SSSR count). The molecule has 0 radical (unpaired) electrons. The van der Waals surface area contributed by atoms with Crippen molar-refractivity contribution in [1.29, 1.82) is 0 Å². The molecule has 1 aliphatic heterocycles. The van der Waals surface area contributed by atoms with E-state index in [4.69, 9.17) is 9.47 Å². The number of thioether (sulfide) groups is 1. The van der Waals surface area contributed by atoms with Crippen LogP contribution in [0.15, 0.2) is 23.1 Å². The first-order valence-corrected chi connectivity index (χ1v) is 7.27. The van der Waals surface area contributed by atoms with Gasteiger partial charge in [-0.25, -0.2) is 0 Å². The molecule has 2 aliphatic rings. The molecular formula is C14H16O3S. The quantitative estimate of drug-likeness (QED) is 0.822. The van der Waals surface area contributed by atoms with E-state index in [1.165, 1.54) is 4.90 Å². The van der Waals surface area contributed by atoms with Gasteiger partial charge in [0.25, 0.3) is 0 Å². The van der Waals surface area contributed by atoms with Gasteiger partial charge in [-0.15, -0.1) is 11.8 Å². The zero-order chi connectivity index (χ0) is 12.4. The zero-order valence-corrected chi connectivity index (χ0v) is 11.0. The van der Waals surface area contributed by atoms with Crippen molar-refractivity contribution in [3.8, 4) is 11.5 Å². The number of ketones is 1. The summed E-state index contributed by atoms with van der Waals surface area (Å²) in [6.07, 6.45) is 3.37. The Morgan fingerprint density at radius 1 is 1.17 bits per heavy atom. The average Bonchev–Trinajstić information content (AvgIpc) is 2.64. The van der Waals surface area contributed by atoms with Gasteiger partial charge in [-0.2, -0.15) is 0 Å². The molecule has 1 aromatic rings. The minimum Gasteiger partial charge on any atom is -0.490 e. The largest absolute Gasteiger partial charge is 0.490 e. The lowest BCUT2D eigenvalue weighted by Gasteiger charge is -2.11. The van der Waals surface area contributed by atoms with Crippen LogP contribution in [0.3, 0.4) is 0 Å². The summed E-state index contributed by atoms with van der Waals surface area (Å²) in [6.45, 7) is 1.43. The van der Waals surface area contributed by atoms with E-state index in [2.05, 4.69) is 6.07 Å². The van der Waals surface area contributed by atoms with Crippen LogP contribution in [0.25, 0.3) is 0 Å². The highest BCUT2D eigenvalue weighted by Crippen LogP contribution is 2.38. The van der Waals surface area contributed by atoms with Gasteiger partial charge < -0.3 is 9.47 Å². The average molecular weight is 264 g/mol. The second kappa shape index (κ2) is 5.22. The van der Waals surface area contributed by atoms with Crippen molar-refractivity contribution in [2.24, 2.45) is 0 Å². The van der Waals surface area contributed by atoms with E-state index < -0.39 is 0 Å². The molecule has 1 unspecified atom stereocenters. The Kier molecular flexibility index (Phi) is 3.46. The Labute approximate surface area is 111 Å². The molecule has 0 aromatic heterocycles. The van der Waals surface area contributed by atoms with Gasteiger partial charge in [-0.1, -0.05) is 0 Å². The number of fused-ring (bicyclic) bond motifs is 1. The molecule has 1 heterocycles. The van der Waals surface area contributed by atoms with E-state index in [9.17, 15) is 4.79 Å². The molecule has 0 bridgehead atoms. The zero-order valence-electron chi connectivity index (χ0n) is 10.2. The predicted octanol–water partition coefficient (Wildman–Crippen LogP) is 3.06. The molecule has 1 aromatic carbocycles. The minimum atomic E-state index is 0.391. The van der Waals surface area contributed by atoms with Crippen molar-refractivity contribution in [3.05, 3.63) is 18.2 Å². The van der Waals surface area contributed by atoms with Crippen LogP contribution >= 0.6 is 11.8 Å². The summed E-state index contributed by atoms with van der Waals surface area (Å²) in [7, 11) is 0. The molecule has 1 aliphatic carbocycles. The Bertz CT molecular complexity index is 458. The van der Waals surface area contributed by atoms with E-state index in [1.54, 1.807) is 11.8 Å². The van der Waals surface area contributed by atoms with E-state index in [-0.39, 0.29) is 0 Å². The first-order chi connectivity index (χ1) is 8.81. The lowest BCUT2D eigenvalue weighted by molar-refractivity contribution is -0.117. The normalized spacial score (nSPS) is 22.9. The highest BCUT2D eigenvalue weighted by Gasteiger charge is 2.23. The molecule has 18 heavy (non-hydrogen) atoms. The molecule has 4 heteroatoms. The van der Waals surface area contributed by atoms with Crippen LogP contribution in [0.4, 0.5) is 0 Å². The molecule has 0 N–H and O–H groups in total. The van der Waals surface area contributed by atoms with Crippen LogP contribution in [0, 0.1) is 0 Å². The Morgan fingerprint density at radius 2 is 2.00 bits per heavy atom. The van der Waals surface area contributed by atoms with Crippen molar-refractivity contribution in [2.45, 2.75) is 35.8 Å². The molecule has 1 saturated carbocycles. The fourth-order valence-corrected chi connectivity index (χ4v) is 3.50. The van der Waals surface area contributed by atoms with Crippen LogP contribution in [0.5, 0.6) is 11.5 Å². The smallest absolute Gasteiger partial charge is 0.162 e. The number of rotatable bonds is 2. The third-order valence-electron chi connectivity index (χ3n) is 3.22. The molecule has 1 fully saturated rings. The van der Waals surface area contributed by atoms with Gasteiger partial charge in [0.05, 0.1) is 13.2 Å². The van der Waals surface area contributed by atoms with Gasteiger partial charge in [0.1, 0.15) is 5.78 Å². The van der Waals surface area contributed by atoms with Crippen molar-refractivity contribution < 1.29 is 14.3 Å². The molecule has 96 valence electrons. The Hall–Kier alpha value is -1.16. The SMILES string of the molecule is O=C1CCC(Sc2ccc3c(c2)OCCCO3)C1. The molecular weight excluding hydrogens is 248 g/mol. The van der Waals surface area contributed by atoms with Crippen LogP contribution < -0.4 is 9.47 Å². The van der Waals surface area contributed by atoms with Gasteiger partial charge in [0, 0.05) is 29.4 Å². The summed E-state index contributed by atoms with van der Waals surface area (Å²) in [4.78, 5) is 12.4. The fourth-order valence-electron chi connectivity index (χ4n) is 2.29. The number of Topliss-reactive ketones (excluding diaryl/α,β-unsaturated/α-hetero) is 1. The lowest BCUT2D eigenvalue weighted by Crippen LogP contribution is -1.97. The number of carbonyl (C=O) groups is 1. The molecule has 0 amide bonds. The summed E-state index contributed by atoms with van der Waals surface area (Å²) < 4.78 is 11.3. The number of ether oxygens (including phenoxy) is 2. The predicted molar refractivity (Wildman–Crippen MR) is 70.6 cm³/mol. The number of benzene rings is 1. The second-order valence-electron chi connectivity index (χ2n) is 4.68. The minimum absolute atomic E-state index is 0.391. The first-order valence-electron chi connectivity index (χ1n) is 6.39. The maximum absolute atomic E-state index is 11.3. The highest BCUT2D eigenvalue weighted by molar-refractivity contribution is 8.00. The number of hydrogen-bond acceptors (Lipinski definition) is 4. The van der Waals surface area contributed by atoms with Crippen LogP contribution in [0.2, 0.25) is 0 Å². The topological polar surface area (TPSA) is 35.5 Å². The van der Waals surface area contributed by atoms with Gasteiger partial charge in [0.15, 0.2) is 11.5 Å². The third kappa shape index (κ3) is 2.64. The fraction of sp³-hybridized carbons (Fsp3) is 0.500. The number of hydrogen-bond donors (Lipinski definition) is 0. The van der Waals surface area contributed by atoms with Crippen molar-refractivity contribution in [1.82, 2.24) is 0 Å². The molecule has 3 nitrogen and oxygen atoms in total. The van der Waals surface area contributed by atoms with E-state index in [1.807, 2.05) is 12.1 Å². The van der Waals surface area contributed by atoms with Crippen LogP contribution in [-0.4, -0.2) is 24.2 Å².